The Morgan fingerprint density at radius 2 is 1.92 bits per heavy atom. The molecule has 1 unspecified atom stereocenters. The fraction of sp³-hybridized carbons (Fsp3) is 0.800. The second kappa shape index (κ2) is 3.15. The molecule has 1 saturated carbocycles. The molecule has 0 radical (unpaired) electrons. The van der Waals surface area contributed by atoms with Crippen molar-refractivity contribution < 1.29 is 8.78 Å². The molecular formula is C10H16F2. The second-order valence-corrected chi connectivity index (χ2v) is 4.67. The molecule has 0 N–H and O–H groups in total. The minimum atomic E-state index is -1.44. The number of rotatable bonds is 0. The van der Waals surface area contributed by atoms with Crippen molar-refractivity contribution in [3.63, 3.8) is 0 Å². The van der Waals surface area contributed by atoms with Gasteiger partial charge in [-0.1, -0.05) is 20.8 Å². The van der Waals surface area contributed by atoms with E-state index in [0.29, 0.717) is 24.3 Å². The Morgan fingerprint density at radius 1 is 1.33 bits per heavy atom. The van der Waals surface area contributed by atoms with Gasteiger partial charge in [-0.3, -0.25) is 0 Å². The zero-order valence-electron chi connectivity index (χ0n) is 7.95. The van der Waals surface area contributed by atoms with Gasteiger partial charge in [-0.2, -0.15) is 8.78 Å². The normalized spacial score (nSPS) is 24.8. The topological polar surface area (TPSA) is 0 Å². The molecule has 1 aliphatic carbocycles. The van der Waals surface area contributed by atoms with Crippen LogP contribution >= 0.6 is 0 Å². The number of allylic oxidation sites excluding steroid dienone is 1. The van der Waals surface area contributed by atoms with E-state index >= 15 is 0 Å². The Morgan fingerprint density at radius 3 is 2.17 bits per heavy atom. The third kappa shape index (κ3) is 2.05. The molecule has 0 bridgehead atoms. The average molecular weight is 174 g/mol. The van der Waals surface area contributed by atoms with Crippen LogP contribution in [0.25, 0.3) is 0 Å². The van der Waals surface area contributed by atoms with Crippen LogP contribution in [0, 0.1) is 11.3 Å². The van der Waals surface area contributed by atoms with E-state index in [0.717, 1.165) is 6.42 Å². The van der Waals surface area contributed by atoms with Gasteiger partial charge in [0, 0.05) is 0 Å². The lowest BCUT2D eigenvalue weighted by Crippen LogP contribution is -2.16. The van der Waals surface area contributed by atoms with Crippen LogP contribution in [-0.4, -0.2) is 0 Å². The predicted octanol–water partition coefficient (Wildman–Crippen LogP) is 3.98. The van der Waals surface area contributed by atoms with Crippen LogP contribution in [-0.2, 0) is 0 Å². The molecule has 0 saturated heterocycles. The summed E-state index contributed by atoms with van der Waals surface area (Å²) < 4.78 is 24.4. The Hall–Kier alpha value is -0.400. The molecule has 0 aliphatic heterocycles. The van der Waals surface area contributed by atoms with Gasteiger partial charge >= 0.3 is 0 Å². The molecule has 1 fully saturated rings. The summed E-state index contributed by atoms with van der Waals surface area (Å²) in [6, 6.07) is 0. The number of hydrogen-bond acceptors (Lipinski definition) is 0. The van der Waals surface area contributed by atoms with E-state index in [2.05, 4.69) is 20.8 Å². The van der Waals surface area contributed by atoms with Gasteiger partial charge in [0.2, 0.25) is 0 Å². The lowest BCUT2D eigenvalue weighted by Gasteiger charge is -2.26. The van der Waals surface area contributed by atoms with Crippen LogP contribution in [0.5, 0.6) is 0 Å². The molecule has 0 amide bonds. The molecule has 12 heavy (non-hydrogen) atoms. The average Bonchev–Trinajstić information content (AvgIpc) is 2.30. The highest BCUT2D eigenvalue weighted by Gasteiger charge is 2.31. The minimum absolute atomic E-state index is 0.178. The molecule has 0 heterocycles. The van der Waals surface area contributed by atoms with Crippen molar-refractivity contribution in [3.8, 4) is 0 Å². The summed E-state index contributed by atoms with van der Waals surface area (Å²) in [5.41, 5.74) is 0.562. The first kappa shape index (κ1) is 9.69. The second-order valence-electron chi connectivity index (χ2n) is 4.67. The summed E-state index contributed by atoms with van der Waals surface area (Å²) in [6.45, 7) is 6.37. The van der Waals surface area contributed by atoms with Crippen LogP contribution in [0.4, 0.5) is 8.78 Å². The fourth-order valence-electron chi connectivity index (χ4n) is 1.76. The summed E-state index contributed by atoms with van der Waals surface area (Å²) in [4.78, 5) is 0. The monoisotopic (exact) mass is 174 g/mol. The summed E-state index contributed by atoms with van der Waals surface area (Å²) in [6.07, 6.45) is 0.688. The maximum Gasteiger partial charge on any atom is 0.269 e. The Kier molecular flexibility index (Phi) is 2.55. The molecular weight excluding hydrogens is 158 g/mol. The SMILES string of the molecule is CC(C)(C)C1CCC(=C(F)F)C1. The van der Waals surface area contributed by atoms with Gasteiger partial charge in [-0.15, -0.1) is 0 Å². The first-order chi connectivity index (χ1) is 5.41. The first-order valence-corrected chi connectivity index (χ1v) is 4.44. The molecule has 70 valence electrons. The number of halogens is 2. The van der Waals surface area contributed by atoms with E-state index in [1.807, 2.05) is 0 Å². The lowest BCUT2D eigenvalue weighted by molar-refractivity contribution is 0.248. The molecule has 0 aromatic rings. The largest absolute Gasteiger partial charge is 0.269 e. The van der Waals surface area contributed by atoms with E-state index in [1.54, 1.807) is 0 Å². The predicted molar refractivity (Wildman–Crippen MR) is 46.0 cm³/mol. The van der Waals surface area contributed by atoms with Gasteiger partial charge in [-0.05, 0) is 36.2 Å². The number of hydrogen-bond donors (Lipinski definition) is 0. The lowest BCUT2D eigenvalue weighted by atomic mass is 9.80. The molecule has 0 aromatic heterocycles. The molecule has 1 rings (SSSR count). The Bertz CT molecular complexity index is 194. The van der Waals surface area contributed by atoms with E-state index < -0.39 is 6.08 Å². The van der Waals surface area contributed by atoms with Crippen molar-refractivity contribution in [1.29, 1.82) is 0 Å². The molecule has 0 aromatic carbocycles. The van der Waals surface area contributed by atoms with E-state index in [9.17, 15) is 8.78 Å². The summed E-state index contributed by atoms with van der Waals surface area (Å²) in [5.74, 6) is 0.439. The van der Waals surface area contributed by atoms with Crippen LogP contribution in [0.3, 0.4) is 0 Å². The van der Waals surface area contributed by atoms with Crippen LogP contribution in [0.1, 0.15) is 40.0 Å². The van der Waals surface area contributed by atoms with Crippen LogP contribution in [0.15, 0.2) is 11.7 Å². The van der Waals surface area contributed by atoms with Crippen molar-refractivity contribution in [3.05, 3.63) is 11.7 Å². The maximum atomic E-state index is 12.2. The highest BCUT2D eigenvalue weighted by molar-refractivity contribution is 5.10. The van der Waals surface area contributed by atoms with Gasteiger partial charge in [0.15, 0.2) is 0 Å². The van der Waals surface area contributed by atoms with E-state index in [-0.39, 0.29) is 5.41 Å². The summed E-state index contributed by atoms with van der Waals surface area (Å²) in [7, 11) is 0. The Labute approximate surface area is 72.7 Å². The zero-order valence-corrected chi connectivity index (χ0v) is 7.95. The highest BCUT2D eigenvalue weighted by atomic mass is 19.3. The quantitative estimate of drug-likeness (QED) is 0.521. The highest BCUT2D eigenvalue weighted by Crippen LogP contribution is 2.42. The summed E-state index contributed by atoms with van der Waals surface area (Å²) in [5, 5.41) is 0. The third-order valence-electron chi connectivity index (χ3n) is 2.78. The zero-order chi connectivity index (χ0) is 9.35. The van der Waals surface area contributed by atoms with Crippen molar-refractivity contribution in [2.24, 2.45) is 11.3 Å². The molecule has 1 atom stereocenters. The van der Waals surface area contributed by atoms with Crippen LogP contribution in [0.2, 0.25) is 0 Å². The van der Waals surface area contributed by atoms with Gasteiger partial charge in [-0.25, -0.2) is 0 Å². The fourth-order valence-corrected chi connectivity index (χ4v) is 1.76. The Balaban J connectivity index is 2.64. The molecule has 0 spiro atoms. The maximum absolute atomic E-state index is 12.2. The van der Waals surface area contributed by atoms with E-state index in [4.69, 9.17) is 0 Å². The van der Waals surface area contributed by atoms with Gasteiger partial charge in [0.25, 0.3) is 6.08 Å². The molecule has 1 aliphatic rings. The standard InChI is InChI=1S/C10H16F2/c1-10(2,3)8-5-4-7(6-8)9(11)12/h8H,4-6H2,1-3H3. The van der Waals surface area contributed by atoms with Gasteiger partial charge in [0.05, 0.1) is 0 Å². The van der Waals surface area contributed by atoms with Gasteiger partial charge in [0.1, 0.15) is 0 Å². The third-order valence-corrected chi connectivity index (χ3v) is 2.78. The van der Waals surface area contributed by atoms with Crippen molar-refractivity contribution in [2.45, 2.75) is 40.0 Å². The van der Waals surface area contributed by atoms with Gasteiger partial charge < -0.3 is 0 Å². The van der Waals surface area contributed by atoms with Crippen molar-refractivity contribution in [2.75, 3.05) is 0 Å². The van der Waals surface area contributed by atoms with E-state index in [1.165, 1.54) is 0 Å². The summed E-state index contributed by atoms with van der Waals surface area (Å²) >= 11 is 0. The van der Waals surface area contributed by atoms with Crippen molar-refractivity contribution in [1.82, 2.24) is 0 Å². The minimum Gasteiger partial charge on any atom is -0.173 e. The van der Waals surface area contributed by atoms with Crippen LogP contribution < -0.4 is 0 Å². The first-order valence-electron chi connectivity index (χ1n) is 4.44. The smallest absolute Gasteiger partial charge is 0.173 e. The molecule has 0 nitrogen and oxygen atoms in total. The molecule has 2 heteroatoms. The van der Waals surface area contributed by atoms with Crippen molar-refractivity contribution >= 4 is 0 Å².